The van der Waals surface area contributed by atoms with Gasteiger partial charge in [-0.05, 0) is 41.5 Å². The molecule has 3 rings (SSSR count). The average Bonchev–Trinajstić information content (AvgIpc) is 3.22. The van der Waals surface area contributed by atoms with Gasteiger partial charge in [0.25, 0.3) is 11.8 Å². The third kappa shape index (κ3) is 4.44. The first-order valence-corrected chi connectivity index (χ1v) is 9.87. The minimum Gasteiger partial charge on any atom is -0.457 e. The smallest absolute Gasteiger partial charge is 0.306 e. The number of hydrogen-bond acceptors (Lipinski definition) is 7. The zero-order chi connectivity index (χ0) is 20.1. The lowest BCUT2D eigenvalue weighted by Crippen LogP contribution is -2.31. The van der Waals surface area contributed by atoms with Gasteiger partial charge in [-0.15, -0.1) is 5.10 Å². The van der Waals surface area contributed by atoms with Crippen LogP contribution in [0.15, 0.2) is 22.7 Å². The molecule has 2 amide bonds. The van der Waals surface area contributed by atoms with Crippen LogP contribution in [0.4, 0.5) is 0 Å². The van der Waals surface area contributed by atoms with E-state index in [1.807, 2.05) is 0 Å². The molecule has 9 nitrogen and oxygen atoms in total. The number of tetrazole rings is 1. The summed E-state index contributed by atoms with van der Waals surface area (Å²) in [5.41, 5.74) is 0.760. The molecule has 10 heteroatoms. The normalized spacial score (nSPS) is 13.1. The van der Waals surface area contributed by atoms with Crippen molar-refractivity contribution in [3.63, 3.8) is 0 Å². The van der Waals surface area contributed by atoms with Crippen molar-refractivity contribution < 1.29 is 19.1 Å². The molecule has 0 unspecified atom stereocenters. The van der Waals surface area contributed by atoms with Crippen molar-refractivity contribution in [2.45, 2.75) is 45.8 Å². The van der Waals surface area contributed by atoms with Crippen LogP contribution in [0.5, 0.6) is 0 Å². The predicted octanol–water partition coefficient (Wildman–Crippen LogP) is 2.36. The van der Waals surface area contributed by atoms with E-state index in [4.69, 9.17) is 4.74 Å². The van der Waals surface area contributed by atoms with Gasteiger partial charge in [-0.25, -0.2) is 4.68 Å². The van der Waals surface area contributed by atoms with Crippen molar-refractivity contribution in [1.82, 2.24) is 25.1 Å². The first kappa shape index (κ1) is 20.1. The van der Waals surface area contributed by atoms with E-state index in [-0.39, 0.29) is 31.4 Å². The van der Waals surface area contributed by atoms with Crippen LogP contribution < -0.4 is 0 Å². The van der Waals surface area contributed by atoms with E-state index >= 15 is 0 Å². The van der Waals surface area contributed by atoms with E-state index in [2.05, 4.69) is 38.4 Å². The number of nitrogens with zero attached hydrogens (tertiary/aromatic N) is 5. The van der Waals surface area contributed by atoms with Crippen LogP contribution in [-0.4, -0.2) is 49.4 Å². The molecule has 2 aromatic rings. The summed E-state index contributed by atoms with van der Waals surface area (Å²) in [7, 11) is 0. The maximum Gasteiger partial charge on any atom is 0.306 e. The molecule has 0 N–H and O–H groups in total. The molecule has 2 heterocycles. The van der Waals surface area contributed by atoms with Crippen molar-refractivity contribution in [1.29, 1.82) is 0 Å². The Labute approximate surface area is 170 Å². The van der Waals surface area contributed by atoms with E-state index in [9.17, 15) is 14.4 Å². The molecule has 0 saturated heterocycles. The van der Waals surface area contributed by atoms with E-state index in [0.29, 0.717) is 29.9 Å². The quantitative estimate of drug-likeness (QED) is 0.426. The zero-order valence-corrected chi connectivity index (χ0v) is 17.0. The number of halogens is 1. The number of aryl methyl sites for hydroxylation is 1. The fourth-order valence-electron chi connectivity index (χ4n) is 2.87. The van der Waals surface area contributed by atoms with Gasteiger partial charge in [-0.1, -0.05) is 29.3 Å². The summed E-state index contributed by atoms with van der Waals surface area (Å²) in [4.78, 5) is 37.9. The van der Waals surface area contributed by atoms with Gasteiger partial charge in [0.1, 0.15) is 0 Å². The number of rotatable bonds is 9. The number of imide groups is 1. The molecular formula is C18H20BrN5O4. The van der Waals surface area contributed by atoms with Crippen molar-refractivity contribution >= 4 is 33.7 Å². The number of unbranched alkanes of at least 4 members (excludes halogenated alkanes) is 1. The fraction of sp³-hybridized carbons (Fsp3) is 0.444. The number of benzene rings is 1. The third-order valence-electron chi connectivity index (χ3n) is 4.39. The van der Waals surface area contributed by atoms with Crippen LogP contribution in [0.2, 0.25) is 0 Å². The molecule has 0 bridgehead atoms. The SMILES string of the molecule is CCCCn1nnnc1COC(=O)CCCN1C(=O)c2ccc(Br)cc2C1=O. The molecule has 0 saturated carbocycles. The Bertz CT molecular complexity index is 898. The molecule has 1 aromatic heterocycles. The largest absolute Gasteiger partial charge is 0.457 e. The second kappa shape index (κ2) is 9.05. The van der Waals surface area contributed by atoms with Gasteiger partial charge in [-0.2, -0.15) is 0 Å². The van der Waals surface area contributed by atoms with Crippen LogP contribution in [0.1, 0.15) is 59.1 Å². The van der Waals surface area contributed by atoms with Crippen LogP contribution in [0.3, 0.4) is 0 Å². The molecule has 1 aliphatic rings. The van der Waals surface area contributed by atoms with Gasteiger partial charge < -0.3 is 4.74 Å². The second-order valence-electron chi connectivity index (χ2n) is 6.39. The highest BCUT2D eigenvalue weighted by Gasteiger charge is 2.35. The van der Waals surface area contributed by atoms with Crippen LogP contribution >= 0.6 is 15.9 Å². The first-order chi connectivity index (χ1) is 13.5. The summed E-state index contributed by atoms with van der Waals surface area (Å²) >= 11 is 3.30. The number of aromatic nitrogens is 4. The molecule has 148 valence electrons. The molecule has 0 radical (unpaired) electrons. The highest BCUT2D eigenvalue weighted by atomic mass is 79.9. The highest BCUT2D eigenvalue weighted by Crippen LogP contribution is 2.26. The monoisotopic (exact) mass is 449 g/mol. The summed E-state index contributed by atoms with van der Waals surface area (Å²) in [6.07, 6.45) is 2.36. The number of hydrogen-bond donors (Lipinski definition) is 0. The van der Waals surface area contributed by atoms with Gasteiger partial charge in [-0.3, -0.25) is 19.3 Å². The predicted molar refractivity (Wildman–Crippen MR) is 101 cm³/mol. The van der Waals surface area contributed by atoms with E-state index in [1.165, 1.54) is 0 Å². The van der Waals surface area contributed by atoms with Gasteiger partial charge in [0.05, 0.1) is 11.1 Å². The lowest BCUT2D eigenvalue weighted by molar-refractivity contribution is -0.145. The maximum absolute atomic E-state index is 12.4. The van der Waals surface area contributed by atoms with Crippen molar-refractivity contribution in [2.75, 3.05) is 6.54 Å². The number of esters is 1. The third-order valence-corrected chi connectivity index (χ3v) is 4.88. The number of fused-ring (bicyclic) bond motifs is 1. The van der Waals surface area contributed by atoms with Gasteiger partial charge in [0.15, 0.2) is 12.4 Å². The van der Waals surface area contributed by atoms with Gasteiger partial charge in [0.2, 0.25) is 0 Å². The minimum absolute atomic E-state index is 0.00338. The number of ether oxygens (including phenoxy) is 1. The topological polar surface area (TPSA) is 107 Å². The molecule has 1 aliphatic heterocycles. The molecule has 0 aliphatic carbocycles. The Morgan fingerprint density at radius 1 is 1.14 bits per heavy atom. The molecule has 1 aromatic carbocycles. The first-order valence-electron chi connectivity index (χ1n) is 9.07. The van der Waals surface area contributed by atoms with Crippen LogP contribution in [-0.2, 0) is 22.7 Å². The van der Waals surface area contributed by atoms with Gasteiger partial charge in [0, 0.05) is 24.0 Å². The lowest BCUT2D eigenvalue weighted by Gasteiger charge is -2.13. The summed E-state index contributed by atoms with van der Waals surface area (Å²) in [6, 6.07) is 4.97. The second-order valence-corrected chi connectivity index (χ2v) is 7.30. The Morgan fingerprint density at radius 3 is 2.71 bits per heavy atom. The molecule has 0 fully saturated rings. The van der Waals surface area contributed by atoms with E-state index < -0.39 is 5.97 Å². The van der Waals surface area contributed by atoms with Crippen molar-refractivity contribution in [2.24, 2.45) is 0 Å². The van der Waals surface area contributed by atoms with Gasteiger partial charge >= 0.3 is 5.97 Å². The number of carbonyl (C=O) groups excluding carboxylic acids is 3. The van der Waals surface area contributed by atoms with E-state index in [0.717, 1.165) is 22.2 Å². The maximum atomic E-state index is 12.4. The summed E-state index contributed by atoms with van der Waals surface area (Å²) in [6.45, 7) is 2.90. The van der Waals surface area contributed by atoms with Crippen LogP contribution in [0, 0.1) is 0 Å². The number of carbonyl (C=O) groups is 3. The summed E-state index contributed by atoms with van der Waals surface area (Å²) in [5, 5.41) is 11.3. The van der Waals surface area contributed by atoms with E-state index in [1.54, 1.807) is 22.9 Å². The minimum atomic E-state index is -0.426. The fourth-order valence-corrected chi connectivity index (χ4v) is 3.23. The summed E-state index contributed by atoms with van der Waals surface area (Å²) in [5.74, 6) is -0.613. The molecule has 0 atom stereocenters. The molecule has 28 heavy (non-hydrogen) atoms. The Kier molecular flexibility index (Phi) is 6.50. The Hall–Kier alpha value is -2.62. The molecular weight excluding hydrogens is 430 g/mol. The molecule has 0 spiro atoms. The summed E-state index contributed by atoms with van der Waals surface area (Å²) < 4.78 is 7.56. The Balaban J connectivity index is 1.46. The van der Waals surface area contributed by atoms with Crippen molar-refractivity contribution in [3.05, 3.63) is 39.6 Å². The number of amides is 2. The highest BCUT2D eigenvalue weighted by molar-refractivity contribution is 9.10. The average molecular weight is 450 g/mol. The van der Waals surface area contributed by atoms with Crippen molar-refractivity contribution in [3.8, 4) is 0 Å². The Morgan fingerprint density at radius 2 is 1.93 bits per heavy atom. The lowest BCUT2D eigenvalue weighted by atomic mass is 10.1. The standard InChI is InChI=1S/C18H20BrN5O4/c1-2-3-9-24-15(20-21-22-24)11-28-16(25)5-4-8-23-17(26)13-7-6-12(19)10-14(13)18(23)27/h6-7,10H,2-5,8-9,11H2,1H3. The van der Waals surface area contributed by atoms with Crippen LogP contribution in [0.25, 0.3) is 0 Å². The zero-order valence-electron chi connectivity index (χ0n) is 15.4.